The molecule has 2 heterocycles. The standard InChI is InChI=1S/C13H13ClN4O/c1-7-9(14)6-18(17-7)12-4-8-2-3-13(19)16-11(8)5-10(12)15/h4-6H,2-3,15H2,1H3,(H,16,19). The Morgan fingerprint density at radius 2 is 2.21 bits per heavy atom. The number of halogens is 1. The lowest BCUT2D eigenvalue weighted by Gasteiger charge is -2.19. The van der Waals surface area contributed by atoms with Crippen LogP contribution in [0.25, 0.3) is 5.69 Å². The van der Waals surface area contributed by atoms with Crippen molar-refractivity contribution in [3.05, 3.63) is 34.6 Å². The van der Waals surface area contributed by atoms with E-state index < -0.39 is 0 Å². The molecule has 5 nitrogen and oxygen atoms in total. The van der Waals surface area contributed by atoms with E-state index in [0.717, 1.165) is 22.6 Å². The molecule has 0 unspecified atom stereocenters. The molecule has 3 N–H and O–H groups in total. The third-order valence-electron chi connectivity index (χ3n) is 3.23. The Hall–Kier alpha value is -2.01. The zero-order chi connectivity index (χ0) is 13.6. The minimum absolute atomic E-state index is 0.0256. The predicted molar refractivity (Wildman–Crippen MR) is 74.7 cm³/mol. The van der Waals surface area contributed by atoms with Crippen molar-refractivity contribution in [2.24, 2.45) is 0 Å². The van der Waals surface area contributed by atoms with E-state index in [1.54, 1.807) is 16.9 Å². The summed E-state index contributed by atoms with van der Waals surface area (Å²) in [5.74, 6) is 0.0256. The van der Waals surface area contributed by atoms with Crippen LogP contribution in [0.1, 0.15) is 17.7 Å². The van der Waals surface area contributed by atoms with Gasteiger partial charge in [0, 0.05) is 18.3 Å². The number of carbonyl (C=O) groups excluding carboxylic acids is 1. The number of anilines is 2. The maximum Gasteiger partial charge on any atom is 0.224 e. The van der Waals surface area contributed by atoms with Crippen LogP contribution in [0.4, 0.5) is 11.4 Å². The molecule has 1 aliphatic rings. The number of benzene rings is 1. The normalized spacial score (nSPS) is 14.1. The zero-order valence-electron chi connectivity index (χ0n) is 10.4. The number of hydrogen-bond donors (Lipinski definition) is 2. The molecule has 98 valence electrons. The number of carbonyl (C=O) groups is 1. The summed E-state index contributed by atoms with van der Waals surface area (Å²) >= 11 is 6.01. The van der Waals surface area contributed by atoms with E-state index in [9.17, 15) is 4.79 Å². The molecule has 0 saturated heterocycles. The fraction of sp³-hybridized carbons (Fsp3) is 0.231. The molecule has 1 aromatic heterocycles. The van der Waals surface area contributed by atoms with Gasteiger partial charge in [-0.1, -0.05) is 11.6 Å². The van der Waals surface area contributed by atoms with Crippen LogP contribution in [-0.4, -0.2) is 15.7 Å². The SMILES string of the molecule is Cc1nn(-c2cc3c(cc2N)NC(=O)CC3)cc1Cl. The molecule has 0 radical (unpaired) electrons. The van der Waals surface area contributed by atoms with Gasteiger partial charge >= 0.3 is 0 Å². The van der Waals surface area contributed by atoms with Gasteiger partial charge in [-0.15, -0.1) is 0 Å². The van der Waals surface area contributed by atoms with E-state index in [-0.39, 0.29) is 5.91 Å². The largest absolute Gasteiger partial charge is 0.397 e. The molecule has 6 heteroatoms. The van der Waals surface area contributed by atoms with Gasteiger partial charge in [-0.3, -0.25) is 4.79 Å². The number of nitrogens with zero attached hydrogens (tertiary/aromatic N) is 2. The highest BCUT2D eigenvalue weighted by atomic mass is 35.5. The van der Waals surface area contributed by atoms with Crippen LogP contribution in [0, 0.1) is 6.92 Å². The predicted octanol–water partition coefficient (Wildman–Crippen LogP) is 2.30. The van der Waals surface area contributed by atoms with Crippen molar-refractivity contribution in [2.45, 2.75) is 19.8 Å². The number of aromatic nitrogens is 2. The number of rotatable bonds is 1. The van der Waals surface area contributed by atoms with Crippen LogP contribution in [0.3, 0.4) is 0 Å². The summed E-state index contributed by atoms with van der Waals surface area (Å²) < 4.78 is 1.67. The summed E-state index contributed by atoms with van der Waals surface area (Å²) in [7, 11) is 0. The topological polar surface area (TPSA) is 72.9 Å². The summed E-state index contributed by atoms with van der Waals surface area (Å²) in [4.78, 5) is 11.4. The Labute approximate surface area is 115 Å². The minimum atomic E-state index is 0.0256. The summed E-state index contributed by atoms with van der Waals surface area (Å²) in [6, 6.07) is 3.72. The summed E-state index contributed by atoms with van der Waals surface area (Å²) in [6.07, 6.45) is 2.94. The molecule has 19 heavy (non-hydrogen) atoms. The van der Waals surface area contributed by atoms with Crippen molar-refractivity contribution in [3.63, 3.8) is 0 Å². The van der Waals surface area contributed by atoms with E-state index in [4.69, 9.17) is 17.3 Å². The second kappa shape index (κ2) is 4.28. The molecule has 0 bridgehead atoms. The quantitative estimate of drug-likeness (QED) is 0.785. The number of nitrogens with one attached hydrogen (secondary N) is 1. The Morgan fingerprint density at radius 1 is 1.42 bits per heavy atom. The second-order valence-corrected chi connectivity index (χ2v) is 5.03. The van der Waals surface area contributed by atoms with Gasteiger partial charge in [0.05, 0.1) is 22.1 Å². The first kappa shape index (κ1) is 12.0. The molecular weight excluding hydrogens is 264 g/mol. The van der Waals surface area contributed by atoms with Crippen molar-refractivity contribution < 1.29 is 4.79 Å². The number of aryl methyl sites for hydroxylation is 2. The van der Waals surface area contributed by atoms with E-state index in [1.807, 2.05) is 13.0 Å². The molecule has 0 spiro atoms. The van der Waals surface area contributed by atoms with Crippen molar-refractivity contribution in [2.75, 3.05) is 11.1 Å². The first-order chi connectivity index (χ1) is 9.04. The third-order valence-corrected chi connectivity index (χ3v) is 3.60. The lowest BCUT2D eigenvalue weighted by atomic mass is 10.0. The van der Waals surface area contributed by atoms with Gasteiger partial charge in [0.1, 0.15) is 0 Å². The zero-order valence-corrected chi connectivity index (χ0v) is 11.2. The fourth-order valence-electron chi connectivity index (χ4n) is 2.19. The van der Waals surface area contributed by atoms with Gasteiger partial charge in [-0.05, 0) is 31.0 Å². The van der Waals surface area contributed by atoms with Crippen molar-refractivity contribution in [1.29, 1.82) is 0 Å². The smallest absolute Gasteiger partial charge is 0.224 e. The van der Waals surface area contributed by atoms with Gasteiger partial charge in [0.2, 0.25) is 5.91 Å². The Morgan fingerprint density at radius 3 is 2.89 bits per heavy atom. The summed E-state index contributed by atoms with van der Waals surface area (Å²) in [5, 5.41) is 7.75. The van der Waals surface area contributed by atoms with E-state index >= 15 is 0 Å². The summed E-state index contributed by atoms with van der Waals surface area (Å²) in [6.45, 7) is 1.84. The summed E-state index contributed by atoms with van der Waals surface area (Å²) in [5.41, 5.74) is 9.97. The molecule has 0 fully saturated rings. The van der Waals surface area contributed by atoms with Crippen molar-refractivity contribution in [1.82, 2.24) is 9.78 Å². The van der Waals surface area contributed by atoms with Crippen LogP contribution in [0.15, 0.2) is 18.3 Å². The maximum atomic E-state index is 11.4. The van der Waals surface area contributed by atoms with E-state index in [0.29, 0.717) is 23.6 Å². The van der Waals surface area contributed by atoms with Gasteiger partial charge < -0.3 is 11.1 Å². The van der Waals surface area contributed by atoms with Gasteiger partial charge in [-0.2, -0.15) is 5.10 Å². The second-order valence-electron chi connectivity index (χ2n) is 4.62. The molecule has 3 rings (SSSR count). The molecule has 0 aliphatic carbocycles. The first-order valence-corrected chi connectivity index (χ1v) is 6.37. The number of amides is 1. The Balaban J connectivity index is 2.10. The van der Waals surface area contributed by atoms with Gasteiger partial charge in [0.15, 0.2) is 0 Å². The first-order valence-electron chi connectivity index (χ1n) is 5.99. The molecule has 0 saturated carbocycles. The average molecular weight is 277 g/mol. The van der Waals surface area contributed by atoms with Crippen LogP contribution in [0.2, 0.25) is 5.02 Å². The molecule has 1 aromatic carbocycles. The minimum Gasteiger partial charge on any atom is -0.397 e. The number of hydrogen-bond acceptors (Lipinski definition) is 3. The molecule has 1 aliphatic heterocycles. The average Bonchev–Trinajstić information content (AvgIpc) is 2.68. The van der Waals surface area contributed by atoms with Crippen LogP contribution in [-0.2, 0) is 11.2 Å². The van der Waals surface area contributed by atoms with E-state index in [2.05, 4.69) is 10.4 Å². The number of nitrogens with two attached hydrogens (primary N) is 1. The number of fused-ring (bicyclic) bond motifs is 1. The molecule has 1 amide bonds. The van der Waals surface area contributed by atoms with Crippen LogP contribution in [0.5, 0.6) is 0 Å². The molecular formula is C13H13ClN4O. The van der Waals surface area contributed by atoms with Crippen molar-refractivity contribution >= 4 is 28.9 Å². The highest BCUT2D eigenvalue weighted by Crippen LogP contribution is 2.30. The lowest BCUT2D eigenvalue weighted by molar-refractivity contribution is -0.116. The van der Waals surface area contributed by atoms with Crippen LogP contribution < -0.4 is 11.1 Å². The lowest BCUT2D eigenvalue weighted by Crippen LogP contribution is -2.19. The van der Waals surface area contributed by atoms with Crippen LogP contribution >= 0.6 is 11.6 Å². The monoisotopic (exact) mass is 276 g/mol. The molecule has 2 aromatic rings. The highest BCUT2D eigenvalue weighted by Gasteiger charge is 2.18. The van der Waals surface area contributed by atoms with Gasteiger partial charge in [0.25, 0.3) is 0 Å². The van der Waals surface area contributed by atoms with Crippen molar-refractivity contribution in [3.8, 4) is 5.69 Å². The fourth-order valence-corrected chi connectivity index (χ4v) is 2.32. The molecule has 0 atom stereocenters. The Kier molecular flexibility index (Phi) is 2.71. The third kappa shape index (κ3) is 2.06. The highest BCUT2D eigenvalue weighted by molar-refractivity contribution is 6.31. The number of nitrogen functional groups attached to an aromatic ring is 1. The van der Waals surface area contributed by atoms with E-state index in [1.165, 1.54) is 0 Å². The maximum absolute atomic E-state index is 11.4. The van der Waals surface area contributed by atoms with Gasteiger partial charge in [-0.25, -0.2) is 4.68 Å². The Bertz CT molecular complexity index is 658.